The van der Waals surface area contributed by atoms with Gasteiger partial charge in [0, 0.05) is 19.3 Å². The number of hydrogen-bond donors (Lipinski definition) is 0. The van der Waals surface area contributed by atoms with Gasteiger partial charge in [0.15, 0.2) is 0 Å². The zero-order chi connectivity index (χ0) is 33.1. The van der Waals surface area contributed by atoms with Crippen molar-refractivity contribution in [3.63, 3.8) is 0 Å². The predicted molar refractivity (Wildman–Crippen MR) is 168 cm³/mol. The van der Waals surface area contributed by atoms with Crippen molar-refractivity contribution >= 4 is 5.97 Å². The van der Waals surface area contributed by atoms with E-state index in [9.17, 15) is 4.79 Å². The van der Waals surface area contributed by atoms with E-state index in [0.717, 1.165) is 19.3 Å². The molecule has 0 aromatic carbocycles. The van der Waals surface area contributed by atoms with Crippen molar-refractivity contribution < 1.29 is 38.9 Å². The number of ether oxygens (including phenoxy) is 1. The standard InChI is InChI=1S/C22H42O4.C12H26O4/c1-9-10-11-12-13-14-16-22(25-26-22)24-18(23)15-17-21(8,19(2,3)4)20(5,6)7;1-9-12(8,15-13-10(2,3)4)16-14-11(5,6)7/h9-17H2,1-8H3;9H2,1-8H3. The van der Waals surface area contributed by atoms with Gasteiger partial charge in [-0.1, -0.05) is 94.4 Å². The Morgan fingerprint density at radius 2 is 1.05 bits per heavy atom. The van der Waals surface area contributed by atoms with Crippen molar-refractivity contribution in [2.45, 2.75) is 198 Å². The molecule has 1 saturated heterocycles. The molecule has 0 unspecified atom stereocenters. The minimum atomic E-state index is -1.10. The van der Waals surface area contributed by atoms with Crippen molar-refractivity contribution in [2.24, 2.45) is 16.2 Å². The van der Waals surface area contributed by atoms with E-state index in [1.165, 1.54) is 25.7 Å². The molecule has 1 rings (SSSR count). The summed E-state index contributed by atoms with van der Waals surface area (Å²) >= 11 is 0. The second-order valence-corrected chi connectivity index (χ2v) is 16.2. The second kappa shape index (κ2) is 16.5. The normalized spacial score (nSPS) is 16.1. The van der Waals surface area contributed by atoms with E-state index in [-0.39, 0.29) is 33.4 Å². The lowest BCUT2D eigenvalue weighted by Crippen LogP contribution is -2.44. The van der Waals surface area contributed by atoms with Crippen LogP contribution < -0.4 is 0 Å². The minimum Gasteiger partial charge on any atom is -0.404 e. The molecule has 252 valence electrons. The third kappa shape index (κ3) is 16.3. The van der Waals surface area contributed by atoms with E-state index in [0.29, 0.717) is 19.3 Å². The van der Waals surface area contributed by atoms with Crippen molar-refractivity contribution in [1.29, 1.82) is 0 Å². The summed E-state index contributed by atoms with van der Waals surface area (Å²) in [6, 6.07) is 0. The van der Waals surface area contributed by atoms with Crippen LogP contribution in [0.25, 0.3) is 0 Å². The van der Waals surface area contributed by atoms with Crippen LogP contribution in [0.2, 0.25) is 0 Å². The molecule has 0 N–H and O–H groups in total. The number of unbranched alkanes of at least 4 members (excludes halogenated alkanes) is 5. The lowest BCUT2D eigenvalue weighted by atomic mass is 9.53. The van der Waals surface area contributed by atoms with Crippen LogP contribution in [0.5, 0.6) is 0 Å². The predicted octanol–water partition coefficient (Wildman–Crippen LogP) is 10.4. The molecule has 0 bridgehead atoms. The zero-order valence-electron chi connectivity index (χ0n) is 30.3. The maximum Gasteiger partial charge on any atom is 0.383 e. The molecule has 8 heteroatoms. The molecule has 0 aromatic heterocycles. The van der Waals surface area contributed by atoms with Crippen LogP contribution >= 0.6 is 0 Å². The largest absolute Gasteiger partial charge is 0.404 e. The summed E-state index contributed by atoms with van der Waals surface area (Å²) in [4.78, 5) is 43.5. The van der Waals surface area contributed by atoms with Gasteiger partial charge >= 0.3 is 11.9 Å². The molecule has 1 fully saturated rings. The first-order valence-corrected chi connectivity index (χ1v) is 16.2. The number of esters is 1. The zero-order valence-corrected chi connectivity index (χ0v) is 30.3. The van der Waals surface area contributed by atoms with Crippen LogP contribution in [0.4, 0.5) is 0 Å². The first kappa shape index (κ1) is 41.2. The summed E-state index contributed by atoms with van der Waals surface area (Å²) in [5.41, 5.74) is -0.553. The highest BCUT2D eigenvalue weighted by Crippen LogP contribution is 2.54. The van der Waals surface area contributed by atoms with E-state index in [1.807, 2.05) is 48.5 Å². The number of carbonyl (C=O) groups excluding carboxylic acids is 1. The number of carbonyl (C=O) groups is 1. The van der Waals surface area contributed by atoms with E-state index in [1.54, 1.807) is 6.92 Å². The van der Waals surface area contributed by atoms with Gasteiger partial charge in [-0.2, -0.15) is 19.6 Å². The summed E-state index contributed by atoms with van der Waals surface area (Å²) in [5.74, 6) is -2.21. The molecule has 0 spiro atoms. The summed E-state index contributed by atoms with van der Waals surface area (Å²) in [5, 5.41) is 0. The average Bonchev–Trinajstić information content (AvgIpc) is 3.59. The second-order valence-electron chi connectivity index (χ2n) is 16.2. The summed E-state index contributed by atoms with van der Waals surface area (Å²) in [6.45, 7) is 33.2. The minimum absolute atomic E-state index is 0.0106. The Morgan fingerprint density at radius 1 is 0.619 bits per heavy atom. The van der Waals surface area contributed by atoms with Gasteiger partial charge in [-0.05, 0) is 77.6 Å². The maximum absolute atomic E-state index is 12.4. The Hall–Kier alpha value is -0.770. The molecule has 8 nitrogen and oxygen atoms in total. The highest BCUT2D eigenvalue weighted by atomic mass is 17.5. The maximum atomic E-state index is 12.4. The third-order valence-electron chi connectivity index (χ3n) is 8.09. The molecule has 0 saturated carbocycles. The summed E-state index contributed by atoms with van der Waals surface area (Å²) in [6.07, 6.45) is 9.51. The quantitative estimate of drug-likeness (QED) is 0.0429. The van der Waals surface area contributed by atoms with Crippen LogP contribution in [0.3, 0.4) is 0 Å². The molecule has 1 aliphatic heterocycles. The molecule has 0 aromatic rings. The highest BCUT2D eigenvalue weighted by Gasteiger charge is 2.53. The molecule has 0 atom stereocenters. The Balaban J connectivity index is 0.000000903. The molecular weight excluding hydrogens is 536 g/mol. The van der Waals surface area contributed by atoms with Crippen molar-refractivity contribution in [3.8, 4) is 0 Å². The van der Waals surface area contributed by atoms with Gasteiger partial charge in [-0.25, -0.2) is 9.78 Å². The molecule has 42 heavy (non-hydrogen) atoms. The molecule has 0 radical (unpaired) electrons. The first-order chi connectivity index (χ1) is 18.8. The van der Waals surface area contributed by atoms with Crippen LogP contribution in [0.15, 0.2) is 0 Å². The van der Waals surface area contributed by atoms with Crippen molar-refractivity contribution in [2.75, 3.05) is 0 Å². The molecule has 1 heterocycles. The monoisotopic (exact) mass is 604 g/mol. The third-order valence-corrected chi connectivity index (χ3v) is 8.09. The Morgan fingerprint density at radius 3 is 1.40 bits per heavy atom. The Labute approximate surface area is 259 Å². The van der Waals surface area contributed by atoms with Gasteiger partial charge in [-0.3, -0.25) is 4.79 Å². The smallest absolute Gasteiger partial charge is 0.383 e. The van der Waals surface area contributed by atoms with Crippen molar-refractivity contribution in [3.05, 3.63) is 0 Å². The van der Waals surface area contributed by atoms with Crippen molar-refractivity contribution in [1.82, 2.24) is 0 Å². The lowest BCUT2D eigenvalue weighted by Gasteiger charge is -2.51. The fourth-order valence-corrected chi connectivity index (χ4v) is 4.35. The van der Waals surface area contributed by atoms with Gasteiger partial charge in [0.05, 0.1) is 11.2 Å². The Kier molecular flexibility index (Phi) is 16.2. The average molecular weight is 605 g/mol. The first-order valence-electron chi connectivity index (χ1n) is 16.2. The van der Waals surface area contributed by atoms with Gasteiger partial charge in [0.2, 0.25) is 5.79 Å². The fourth-order valence-electron chi connectivity index (χ4n) is 4.35. The van der Waals surface area contributed by atoms with E-state index >= 15 is 0 Å². The number of rotatable bonds is 16. The summed E-state index contributed by atoms with van der Waals surface area (Å²) in [7, 11) is 0. The molecule has 1 aliphatic rings. The molecule has 0 aliphatic carbocycles. The van der Waals surface area contributed by atoms with Crippen LogP contribution in [0.1, 0.15) is 175 Å². The summed E-state index contributed by atoms with van der Waals surface area (Å²) < 4.78 is 5.51. The van der Waals surface area contributed by atoms with Crippen LogP contribution in [-0.4, -0.2) is 28.9 Å². The molecular formula is C34H68O8. The topological polar surface area (TPSA) is 88.3 Å². The molecule has 0 amide bonds. The lowest BCUT2D eigenvalue weighted by molar-refractivity contribution is -0.536. The van der Waals surface area contributed by atoms with Gasteiger partial charge in [0.25, 0.3) is 0 Å². The van der Waals surface area contributed by atoms with Gasteiger partial charge in [-0.15, -0.1) is 0 Å². The van der Waals surface area contributed by atoms with E-state index in [2.05, 4.69) is 55.4 Å². The highest BCUT2D eigenvalue weighted by molar-refractivity contribution is 5.69. The van der Waals surface area contributed by atoms with Gasteiger partial charge in [0.1, 0.15) is 0 Å². The fraction of sp³-hybridized carbons (Fsp3) is 0.971. The number of hydrogen-bond acceptors (Lipinski definition) is 8. The van der Waals surface area contributed by atoms with Crippen LogP contribution in [-0.2, 0) is 38.9 Å². The Bertz CT molecular complexity index is 728. The SMILES string of the molecule is CCC(C)(OOC(C)(C)C)OOC(C)(C)C.CCCCCCCCC1(OC(=O)CCC(C)(C(C)(C)C)C(C)(C)C)OO1. The van der Waals surface area contributed by atoms with E-state index < -0.39 is 11.8 Å². The van der Waals surface area contributed by atoms with E-state index in [4.69, 9.17) is 34.1 Å². The van der Waals surface area contributed by atoms with Crippen LogP contribution in [0, 0.1) is 16.2 Å². The van der Waals surface area contributed by atoms with Gasteiger partial charge < -0.3 is 4.74 Å².